The molecule has 0 aliphatic heterocycles. The van der Waals surface area contributed by atoms with Crippen LogP contribution in [0.15, 0.2) is 46.7 Å². The monoisotopic (exact) mass is 225 g/mol. The summed E-state index contributed by atoms with van der Waals surface area (Å²) in [7, 11) is 1.85. The number of nitriles is 2. The highest BCUT2D eigenvalue weighted by Gasteiger charge is 2.08. The summed E-state index contributed by atoms with van der Waals surface area (Å²) in [6.07, 6.45) is 7.59. The SMILES string of the molecule is CNC1=CC(C(C)C)=CC(=C(C#N)C#N)C=C1. The first-order chi connectivity index (χ1) is 8.12. The number of nitrogens with zero attached hydrogens (tertiary/aromatic N) is 2. The third-order valence-electron chi connectivity index (χ3n) is 2.55. The number of rotatable bonds is 2. The molecule has 0 saturated carbocycles. The Morgan fingerprint density at radius 3 is 2.29 bits per heavy atom. The van der Waals surface area contributed by atoms with Crippen molar-refractivity contribution in [1.82, 2.24) is 5.32 Å². The average Bonchev–Trinajstić information content (AvgIpc) is 2.53. The largest absolute Gasteiger partial charge is 0.388 e. The first kappa shape index (κ1) is 12.8. The highest BCUT2D eigenvalue weighted by molar-refractivity contribution is 5.54. The van der Waals surface area contributed by atoms with E-state index in [0.717, 1.165) is 11.3 Å². The fraction of sp³-hybridized carbons (Fsp3) is 0.286. The van der Waals surface area contributed by atoms with Crippen LogP contribution in [-0.2, 0) is 0 Å². The van der Waals surface area contributed by atoms with Gasteiger partial charge in [-0.25, -0.2) is 0 Å². The van der Waals surface area contributed by atoms with Crippen LogP contribution in [0.1, 0.15) is 13.8 Å². The van der Waals surface area contributed by atoms with E-state index in [4.69, 9.17) is 10.5 Å². The molecule has 3 nitrogen and oxygen atoms in total. The minimum Gasteiger partial charge on any atom is -0.388 e. The van der Waals surface area contributed by atoms with Crippen molar-refractivity contribution < 1.29 is 0 Å². The van der Waals surface area contributed by atoms with Crippen molar-refractivity contribution in [1.29, 1.82) is 10.5 Å². The zero-order chi connectivity index (χ0) is 12.8. The van der Waals surface area contributed by atoms with Crippen LogP contribution in [0, 0.1) is 28.6 Å². The number of allylic oxidation sites excluding steroid dienone is 7. The maximum absolute atomic E-state index is 8.89. The van der Waals surface area contributed by atoms with Crippen molar-refractivity contribution >= 4 is 0 Å². The van der Waals surface area contributed by atoms with Crippen molar-refractivity contribution in [2.45, 2.75) is 13.8 Å². The van der Waals surface area contributed by atoms with E-state index < -0.39 is 0 Å². The lowest BCUT2D eigenvalue weighted by Crippen LogP contribution is -2.03. The van der Waals surface area contributed by atoms with Crippen LogP contribution in [0.2, 0.25) is 0 Å². The van der Waals surface area contributed by atoms with Crippen molar-refractivity contribution in [2.75, 3.05) is 7.05 Å². The molecule has 0 aromatic heterocycles. The number of hydrogen-bond acceptors (Lipinski definition) is 3. The van der Waals surface area contributed by atoms with E-state index in [-0.39, 0.29) is 5.57 Å². The molecule has 0 unspecified atom stereocenters. The summed E-state index contributed by atoms with van der Waals surface area (Å²) in [6.45, 7) is 4.16. The fourth-order valence-electron chi connectivity index (χ4n) is 1.48. The van der Waals surface area contributed by atoms with Gasteiger partial charge in [0, 0.05) is 18.3 Å². The van der Waals surface area contributed by atoms with Crippen LogP contribution in [0.25, 0.3) is 0 Å². The molecule has 1 aliphatic carbocycles. The molecule has 0 bridgehead atoms. The summed E-state index contributed by atoms with van der Waals surface area (Å²) >= 11 is 0. The van der Waals surface area contributed by atoms with E-state index in [9.17, 15) is 0 Å². The summed E-state index contributed by atoms with van der Waals surface area (Å²) < 4.78 is 0. The summed E-state index contributed by atoms with van der Waals surface area (Å²) in [5.74, 6) is 0.340. The van der Waals surface area contributed by atoms with Gasteiger partial charge in [-0.3, -0.25) is 0 Å². The second kappa shape index (κ2) is 5.72. The predicted molar refractivity (Wildman–Crippen MR) is 67.5 cm³/mol. The molecule has 17 heavy (non-hydrogen) atoms. The van der Waals surface area contributed by atoms with Gasteiger partial charge in [0.15, 0.2) is 0 Å². The van der Waals surface area contributed by atoms with Crippen LogP contribution >= 0.6 is 0 Å². The molecule has 0 heterocycles. The Labute approximate surface area is 102 Å². The molecule has 0 saturated heterocycles. The van der Waals surface area contributed by atoms with Crippen molar-refractivity contribution in [2.24, 2.45) is 5.92 Å². The van der Waals surface area contributed by atoms with Crippen molar-refractivity contribution in [3.8, 4) is 12.1 Å². The summed E-state index contributed by atoms with van der Waals surface area (Å²) in [5, 5.41) is 20.9. The van der Waals surface area contributed by atoms with E-state index in [1.54, 1.807) is 6.08 Å². The van der Waals surface area contributed by atoms with Gasteiger partial charge >= 0.3 is 0 Å². The third kappa shape index (κ3) is 3.09. The molecule has 0 radical (unpaired) electrons. The molecule has 3 heteroatoms. The van der Waals surface area contributed by atoms with Gasteiger partial charge in [0.25, 0.3) is 0 Å². The molecule has 1 aliphatic rings. The lowest BCUT2D eigenvalue weighted by Gasteiger charge is -2.07. The average molecular weight is 225 g/mol. The van der Waals surface area contributed by atoms with Crippen LogP contribution in [-0.4, -0.2) is 7.05 Å². The maximum Gasteiger partial charge on any atom is 0.136 e. The van der Waals surface area contributed by atoms with E-state index >= 15 is 0 Å². The molecular formula is C14H15N3. The van der Waals surface area contributed by atoms with Crippen LogP contribution < -0.4 is 5.32 Å². The van der Waals surface area contributed by atoms with Gasteiger partial charge in [-0.1, -0.05) is 19.9 Å². The zero-order valence-electron chi connectivity index (χ0n) is 10.3. The molecule has 0 fully saturated rings. The second-order valence-corrected chi connectivity index (χ2v) is 4.04. The van der Waals surface area contributed by atoms with Gasteiger partial charge in [-0.15, -0.1) is 0 Å². The van der Waals surface area contributed by atoms with E-state index in [1.807, 2.05) is 37.4 Å². The van der Waals surface area contributed by atoms with Gasteiger partial charge in [-0.2, -0.15) is 10.5 Å². The molecule has 0 spiro atoms. The summed E-state index contributed by atoms with van der Waals surface area (Å²) in [4.78, 5) is 0. The molecule has 0 aromatic rings. The maximum atomic E-state index is 8.89. The normalized spacial score (nSPS) is 14.4. The highest BCUT2D eigenvalue weighted by atomic mass is 14.8. The van der Waals surface area contributed by atoms with E-state index in [2.05, 4.69) is 19.2 Å². The standard InChI is InChI=1S/C14H15N3/c1-10(2)12-6-11(13(8-15)9-16)4-5-14(7-12)17-3/h4-7,10,17H,1-3H3. The van der Waals surface area contributed by atoms with Crippen LogP contribution in [0.4, 0.5) is 0 Å². The van der Waals surface area contributed by atoms with Crippen molar-refractivity contribution in [3.05, 3.63) is 46.7 Å². The number of likely N-dealkylation sites (N-methyl/N-ethyl adjacent to an activating group) is 1. The molecule has 1 N–H and O–H groups in total. The topological polar surface area (TPSA) is 59.6 Å². The lowest BCUT2D eigenvalue weighted by atomic mass is 9.99. The third-order valence-corrected chi connectivity index (χ3v) is 2.55. The predicted octanol–water partition coefficient (Wildman–Crippen LogP) is 2.59. The lowest BCUT2D eigenvalue weighted by molar-refractivity contribution is 0.787. The Balaban J connectivity index is 3.34. The number of nitrogens with one attached hydrogen (secondary N) is 1. The minimum absolute atomic E-state index is 0.144. The Bertz CT molecular complexity index is 487. The van der Waals surface area contributed by atoms with Crippen LogP contribution in [0.5, 0.6) is 0 Å². The highest BCUT2D eigenvalue weighted by Crippen LogP contribution is 2.21. The minimum atomic E-state index is 0.144. The summed E-state index contributed by atoms with van der Waals surface area (Å²) in [5.41, 5.74) is 2.87. The Hall–Kier alpha value is -2.26. The fourth-order valence-corrected chi connectivity index (χ4v) is 1.48. The van der Waals surface area contributed by atoms with Gasteiger partial charge in [0.05, 0.1) is 0 Å². The zero-order valence-corrected chi connectivity index (χ0v) is 10.3. The Kier molecular flexibility index (Phi) is 4.31. The van der Waals surface area contributed by atoms with Gasteiger partial charge in [-0.05, 0) is 29.7 Å². The molecule has 86 valence electrons. The Morgan fingerprint density at radius 2 is 1.82 bits per heavy atom. The first-order valence-corrected chi connectivity index (χ1v) is 5.46. The van der Waals surface area contributed by atoms with Crippen molar-refractivity contribution in [3.63, 3.8) is 0 Å². The quantitative estimate of drug-likeness (QED) is 0.735. The molecule has 0 aromatic carbocycles. The molecule has 1 rings (SSSR count). The van der Waals surface area contributed by atoms with E-state index in [1.165, 1.54) is 0 Å². The van der Waals surface area contributed by atoms with Gasteiger partial charge in [0.1, 0.15) is 17.7 Å². The smallest absolute Gasteiger partial charge is 0.136 e. The number of hydrogen-bond donors (Lipinski definition) is 1. The molecule has 0 atom stereocenters. The summed E-state index contributed by atoms with van der Waals surface area (Å²) in [6, 6.07) is 3.84. The van der Waals surface area contributed by atoms with Gasteiger partial charge < -0.3 is 5.32 Å². The first-order valence-electron chi connectivity index (χ1n) is 5.46. The Morgan fingerprint density at radius 1 is 1.18 bits per heavy atom. The van der Waals surface area contributed by atoms with E-state index in [0.29, 0.717) is 11.5 Å². The van der Waals surface area contributed by atoms with Gasteiger partial charge in [0.2, 0.25) is 0 Å². The molecular weight excluding hydrogens is 210 g/mol. The second-order valence-electron chi connectivity index (χ2n) is 4.04. The van der Waals surface area contributed by atoms with Crippen LogP contribution in [0.3, 0.4) is 0 Å². The molecule has 0 amide bonds.